The maximum atomic E-state index is 10.4. The molecular weight excluding hydrogens is 246 g/mol. The first-order chi connectivity index (χ1) is 9.56. The summed E-state index contributed by atoms with van der Waals surface area (Å²) in [5.41, 5.74) is 1.13. The number of hydrogen-bond donors (Lipinski definition) is 2. The number of nitrogens with one attached hydrogen (secondary N) is 1. The molecule has 106 valence electrons. The van der Waals surface area contributed by atoms with Crippen LogP contribution in [0.1, 0.15) is 38.4 Å². The fourth-order valence-corrected chi connectivity index (χ4v) is 2.84. The predicted molar refractivity (Wildman–Crippen MR) is 83.7 cm³/mol. The van der Waals surface area contributed by atoms with Crippen molar-refractivity contribution in [3.8, 4) is 0 Å². The van der Waals surface area contributed by atoms with Gasteiger partial charge in [0, 0.05) is 12.1 Å². The van der Waals surface area contributed by atoms with Gasteiger partial charge in [0.2, 0.25) is 0 Å². The monoisotopic (exact) mass is 269 g/mol. The van der Waals surface area contributed by atoms with E-state index in [-0.39, 0.29) is 5.54 Å². The summed E-state index contributed by atoms with van der Waals surface area (Å²) >= 11 is 0. The van der Waals surface area contributed by atoms with Gasteiger partial charge in [-0.1, -0.05) is 36.4 Å². The molecule has 2 aromatic carbocycles. The molecule has 2 N–H and O–H groups in total. The topological polar surface area (TPSA) is 32.3 Å². The van der Waals surface area contributed by atoms with Crippen LogP contribution in [0.3, 0.4) is 0 Å². The van der Waals surface area contributed by atoms with Crippen LogP contribution in [0.2, 0.25) is 0 Å². The minimum atomic E-state index is -0.447. The highest BCUT2D eigenvalue weighted by molar-refractivity contribution is 5.83. The van der Waals surface area contributed by atoms with Gasteiger partial charge < -0.3 is 10.4 Å². The Kier molecular flexibility index (Phi) is 3.53. The molecule has 1 fully saturated rings. The molecule has 0 spiro atoms. The van der Waals surface area contributed by atoms with Crippen LogP contribution in [-0.2, 0) is 0 Å². The van der Waals surface area contributed by atoms with E-state index in [2.05, 4.69) is 43.4 Å². The Hall–Kier alpha value is -1.38. The molecule has 0 aliphatic heterocycles. The van der Waals surface area contributed by atoms with Crippen LogP contribution in [0.15, 0.2) is 42.5 Å². The summed E-state index contributed by atoms with van der Waals surface area (Å²) in [4.78, 5) is 0. The Bertz CT molecular complexity index is 601. The van der Waals surface area contributed by atoms with E-state index in [9.17, 15) is 5.11 Å². The van der Waals surface area contributed by atoms with Crippen molar-refractivity contribution in [1.82, 2.24) is 5.32 Å². The molecule has 1 aliphatic carbocycles. The normalized spacial score (nSPS) is 17.4. The van der Waals surface area contributed by atoms with E-state index in [1.165, 1.54) is 23.6 Å². The van der Waals surface area contributed by atoms with Gasteiger partial charge in [-0.15, -0.1) is 0 Å². The lowest BCUT2D eigenvalue weighted by atomic mass is 9.97. The molecule has 2 aromatic rings. The quantitative estimate of drug-likeness (QED) is 0.868. The fourth-order valence-electron chi connectivity index (χ4n) is 2.84. The average Bonchev–Trinajstić information content (AvgIpc) is 3.29. The summed E-state index contributed by atoms with van der Waals surface area (Å²) in [6.45, 7) is 5.08. The van der Waals surface area contributed by atoms with E-state index in [0.717, 1.165) is 11.5 Å². The number of hydrogen-bond acceptors (Lipinski definition) is 2. The van der Waals surface area contributed by atoms with Gasteiger partial charge in [0.05, 0.1) is 6.10 Å². The van der Waals surface area contributed by atoms with Crippen LogP contribution in [-0.4, -0.2) is 17.2 Å². The zero-order valence-corrected chi connectivity index (χ0v) is 12.3. The highest BCUT2D eigenvalue weighted by Gasteiger charge is 2.37. The summed E-state index contributed by atoms with van der Waals surface area (Å²) in [6, 6.07) is 14.5. The minimum absolute atomic E-state index is 0.137. The standard InChI is InChI=1S/C18H23NO/c1-18(2,16-9-10-16)19-12-17(20)15-8-7-13-5-3-4-6-14(13)11-15/h3-8,11,16-17,19-20H,9-10,12H2,1-2H3. The van der Waals surface area contributed by atoms with Crippen molar-refractivity contribution in [3.63, 3.8) is 0 Å². The maximum Gasteiger partial charge on any atom is 0.0914 e. The van der Waals surface area contributed by atoms with Gasteiger partial charge in [-0.05, 0) is 55.0 Å². The number of aliphatic hydroxyl groups is 1. The van der Waals surface area contributed by atoms with E-state index in [0.29, 0.717) is 6.54 Å². The van der Waals surface area contributed by atoms with Crippen LogP contribution in [0.5, 0.6) is 0 Å². The van der Waals surface area contributed by atoms with Crippen LogP contribution >= 0.6 is 0 Å². The molecule has 1 unspecified atom stereocenters. The van der Waals surface area contributed by atoms with E-state index >= 15 is 0 Å². The zero-order valence-electron chi connectivity index (χ0n) is 12.3. The third kappa shape index (κ3) is 2.87. The van der Waals surface area contributed by atoms with E-state index in [1.54, 1.807) is 0 Å². The molecule has 2 nitrogen and oxygen atoms in total. The highest BCUT2D eigenvalue weighted by Crippen LogP contribution is 2.39. The second-order valence-corrected chi connectivity index (χ2v) is 6.50. The van der Waals surface area contributed by atoms with Crippen molar-refractivity contribution in [2.45, 2.75) is 38.3 Å². The molecule has 3 rings (SSSR count). The lowest BCUT2D eigenvalue weighted by Gasteiger charge is -2.28. The van der Waals surface area contributed by atoms with Gasteiger partial charge in [0.25, 0.3) is 0 Å². The lowest BCUT2D eigenvalue weighted by Crippen LogP contribution is -2.43. The molecule has 1 aliphatic rings. The van der Waals surface area contributed by atoms with Crippen LogP contribution < -0.4 is 5.32 Å². The molecule has 0 amide bonds. The summed E-state index contributed by atoms with van der Waals surface area (Å²) in [6.07, 6.45) is 2.18. The first-order valence-electron chi connectivity index (χ1n) is 7.48. The Morgan fingerprint density at radius 1 is 1.15 bits per heavy atom. The fraction of sp³-hybridized carbons (Fsp3) is 0.444. The second kappa shape index (κ2) is 5.19. The van der Waals surface area contributed by atoms with Crippen LogP contribution in [0.4, 0.5) is 0 Å². The van der Waals surface area contributed by atoms with Gasteiger partial charge in [-0.25, -0.2) is 0 Å². The summed E-state index contributed by atoms with van der Waals surface area (Å²) in [5, 5.41) is 16.3. The largest absolute Gasteiger partial charge is 0.387 e. The average molecular weight is 269 g/mol. The zero-order chi connectivity index (χ0) is 14.2. The van der Waals surface area contributed by atoms with Crippen molar-refractivity contribution >= 4 is 10.8 Å². The maximum absolute atomic E-state index is 10.4. The molecular formula is C18H23NO. The smallest absolute Gasteiger partial charge is 0.0914 e. The second-order valence-electron chi connectivity index (χ2n) is 6.50. The molecule has 1 atom stereocenters. The molecule has 1 saturated carbocycles. The summed E-state index contributed by atoms with van der Waals surface area (Å²) in [7, 11) is 0. The first kappa shape index (κ1) is 13.6. The number of β-amino-alcohol motifs (C(OH)–C–C–N with tert-alkyl or cyclic N) is 1. The Balaban J connectivity index is 1.70. The Morgan fingerprint density at radius 2 is 1.85 bits per heavy atom. The van der Waals surface area contributed by atoms with Crippen LogP contribution in [0, 0.1) is 5.92 Å². The number of rotatable bonds is 5. The number of aliphatic hydroxyl groups excluding tert-OH is 1. The third-order valence-electron chi connectivity index (χ3n) is 4.51. The van der Waals surface area contributed by atoms with Crippen LogP contribution in [0.25, 0.3) is 10.8 Å². The van der Waals surface area contributed by atoms with Gasteiger partial charge in [-0.3, -0.25) is 0 Å². The minimum Gasteiger partial charge on any atom is -0.387 e. The van der Waals surface area contributed by atoms with E-state index < -0.39 is 6.10 Å². The van der Waals surface area contributed by atoms with Crippen molar-refractivity contribution < 1.29 is 5.11 Å². The molecule has 0 heterocycles. The molecule has 0 saturated heterocycles. The van der Waals surface area contributed by atoms with Crippen molar-refractivity contribution in [3.05, 3.63) is 48.0 Å². The Morgan fingerprint density at radius 3 is 2.55 bits per heavy atom. The van der Waals surface area contributed by atoms with Crippen molar-refractivity contribution in [2.75, 3.05) is 6.54 Å². The van der Waals surface area contributed by atoms with Crippen molar-refractivity contribution in [2.24, 2.45) is 5.92 Å². The van der Waals surface area contributed by atoms with Gasteiger partial charge in [0.15, 0.2) is 0 Å². The molecule has 0 aromatic heterocycles. The highest BCUT2D eigenvalue weighted by atomic mass is 16.3. The third-order valence-corrected chi connectivity index (χ3v) is 4.51. The van der Waals surface area contributed by atoms with Crippen molar-refractivity contribution in [1.29, 1.82) is 0 Å². The van der Waals surface area contributed by atoms with Gasteiger partial charge in [0.1, 0.15) is 0 Å². The SMILES string of the molecule is CC(C)(NCC(O)c1ccc2ccccc2c1)C1CC1. The Labute approximate surface area is 120 Å². The number of benzene rings is 2. The number of fused-ring (bicyclic) bond motifs is 1. The molecule has 20 heavy (non-hydrogen) atoms. The lowest BCUT2D eigenvalue weighted by molar-refractivity contribution is 0.157. The molecule has 2 heteroatoms. The molecule has 0 bridgehead atoms. The van der Waals surface area contributed by atoms with Gasteiger partial charge >= 0.3 is 0 Å². The summed E-state index contributed by atoms with van der Waals surface area (Å²) in [5.74, 6) is 0.770. The first-order valence-corrected chi connectivity index (χ1v) is 7.48. The van der Waals surface area contributed by atoms with E-state index in [1.807, 2.05) is 18.2 Å². The summed E-state index contributed by atoms with van der Waals surface area (Å²) < 4.78 is 0. The van der Waals surface area contributed by atoms with E-state index in [4.69, 9.17) is 0 Å². The van der Waals surface area contributed by atoms with Gasteiger partial charge in [-0.2, -0.15) is 0 Å². The molecule has 0 radical (unpaired) electrons. The predicted octanol–water partition coefficient (Wildman–Crippen LogP) is 3.65.